The Morgan fingerprint density at radius 3 is 2.83 bits per heavy atom. The van der Waals surface area contributed by atoms with Crippen LogP contribution in [0.3, 0.4) is 0 Å². The van der Waals surface area contributed by atoms with E-state index >= 15 is 0 Å². The van der Waals surface area contributed by atoms with Gasteiger partial charge in [-0.05, 0) is 36.8 Å². The van der Waals surface area contributed by atoms with Gasteiger partial charge in [0.2, 0.25) is 0 Å². The fourth-order valence-corrected chi connectivity index (χ4v) is 2.99. The lowest BCUT2D eigenvalue weighted by Crippen LogP contribution is -2.33. The lowest BCUT2D eigenvalue weighted by Gasteiger charge is -2.18. The first kappa shape index (κ1) is 15.8. The first-order valence-electron chi connectivity index (χ1n) is 6.43. The van der Waals surface area contributed by atoms with Crippen LogP contribution in [0.2, 0.25) is 5.02 Å². The minimum atomic E-state index is -0.275. The van der Waals surface area contributed by atoms with Gasteiger partial charge in [0.15, 0.2) is 0 Å². The summed E-state index contributed by atoms with van der Waals surface area (Å²) in [6, 6.07) is 5.52. The summed E-state index contributed by atoms with van der Waals surface area (Å²) in [6.45, 7) is 5.15. The van der Waals surface area contributed by atoms with Crippen molar-refractivity contribution in [3.05, 3.63) is 34.6 Å². The molecular weight excluding hydrogens is 269 g/mol. The molecule has 1 aromatic rings. The van der Waals surface area contributed by atoms with Crippen LogP contribution in [0.1, 0.15) is 25.8 Å². The molecule has 0 bridgehead atoms. The molecular formula is C14H21ClFNS. The first-order chi connectivity index (χ1) is 8.69. The van der Waals surface area contributed by atoms with Crippen LogP contribution in [0.25, 0.3) is 0 Å². The van der Waals surface area contributed by atoms with E-state index < -0.39 is 0 Å². The van der Waals surface area contributed by atoms with E-state index in [-0.39, 0.29) is 10.8 Å². The molecule has 0 amide bonds. The topological polar surface area (TPSA) is 12.0 Å². The quantitative estimate of drug-likeness (QED) is 0.722. The average Bonchev–Trinajstić information content (AvgIpc) is 2.35. The molecule has 1 unspecified atom stereocenters. The third-order valence-corrected chi connectivity index (χ3v) is 4.29. The molecule has 1 atom stereocenters. The average molecular weight is 290 g/mol. The number of hydrogen-bond donors (Lipinski definition) is 1. The van der Waals surface area contributed by atoms with Crippen LogP contribution in [-0.4, -0.2) is 24.1 Å². The first-order valence-corrected chi connectivity index (χ1v) is 7.96. The highest BCUT2D eigenvalue weighted by molar-refractivity contribution is 7.99. The van der Waals surface area contributed by atoms with E-state index in [1.165, 1.54) is 6.42 Å². The maximum atomic E-state index is 13.8. The molecule has 0 aliphatic carbocycles. The largest absolute Gasteiger partial charge is 0.313 e. The number of hydrogen-bond acceptors (Lipinski definition) is 2. The minimum absolute atomic E-state index is 0.212. The van der Waals surface area contributed by atoms with Crippen molar-refractivity contribution in [1.82, 2.24) is 5.32 Å². The summed E-state index contributed by atoms with van der Waals surface area (Å²) < 4.78 is 13.8. The summed E-state index contributed by atoms with van der Waals surface area (Å²) in [5.41, 5.74) is 0.700. The Morgan fingerprint density at radius 1 is 1.39 bits per heavy atom. The Labute approximate surface area is 118 Å². The summed E-state index contributed by atoms with van der Waals surface area (Å²) in [6.07, 6.45) is 1.87. The molecule has 0 aliphatic rings. The summed E-state index contributed by atoms with van der Waals surface area (Å²) in [4.78, 5) is 0. The van der Waals surface area contributed by atoms with E-state index in [1.807, 2.05) is 23.9 Å². The highest BCUT2D eigenvalue weighted by Crippen LogP contribution is 2.20. The molecule has 102 valence electrons. The van der Waals surface area contributed by atoms with E-state index in [4.69, 9.17) is 11.6 Å². The summed E-state index contributed by atoms with van der Waals surface area (Å²) in [5, 5.41) is 3.62. The van der Waals surface area contributed by atoms with Gasteiger partial charge < -0.3 is 5.32 Å². The second-order valence-electron chi connectivity index (χ2n) is 4.25. The normalized spacial score (nSPS) is 12.7. The predicted molar refractivity (Wildman–Crippen MR) is 80.2 cm³/mol. The van der Waals surface area contributed by atoms with E-state index in [9.17, 15) is 4.39 Å². The van der Waals surface area contributed by atoms with Crippen molar-refractivity contribution >= 4 is 23.4 Å². The number of likely N-dealkylation sites (N-methyl/N-ethyl adjacent to an activating group) is 1. The summed E-state index contributed by atoms with van der Waals surface area (Å²) in [5.74, 6) is 1.88. The molecule has 18 heavy (non-hydrogen) atoms. The molecule has 0 saturated carbocycles. The lowest BCUT2D eigenvalue weighted by atomic mass is 10.1. The molecule has 4 heteroatoms. The summed E-state index contributed by atoms with van der Waals surface area (Å²) in [7, 11) is 0. The molecule has 1 N–H and O–H groups in total. The smallest absolute Gasteiger partial charge is 0.145 e. The monoisotopic (exact) mass is 289 g/mol. The maximum absolute atomic E-state index is 13.8. The standard InChI is InChI=1S/C14H21ClFNS/c1-3-8-18-10-12(17-4-2)9-11-6-5-7-13(15)14(11)16/h5-7,12,17H,3-4,8-10H2,1-2H3. The molecule has 0 saturated heterocycles. The number of thioether (sulfide) groups is 1. The van der Waals surface area contributed by atoms with Gasteiger partial charge in [0.25, 0.3) is 0 Å². The van der Waals surface area contributed by atoms with Gasteiger partial charge in [0.05, 0.1) is 5.02 Å². The highest BCUT2D eigenvalue weighted by Gasteiger charge is 2.13. The van der Waals surface area contributed by atoms with E-state index in [0.29, 0.717) is 18.0 Å². The van der Waals surface area contributed by atoms with Crippen molar-refractivity contribution < 1.29 is 4.39 Å². The zero-order valence-electron chi connectivity index (χ0n) is 11.0. The lowest BCUT2D eigenvalue weighted by molar-refractivity contribution is 0.545. The fourth-order valence-electron chi connectivity index (χ4n) is 1.82. The van der Waals surface area contributed by atoms with Crippen molar-refractivity contribution in [2.45, 2.75) is 32.7 Å². The Balaban J connectivity index is 2.61. The molecule has 0 spiro atoms. The van der Waals surface area contributed by atoms with Crippen LogP contribution < -0.4 is 5.32 Å². The van der Waals surface area contributed by atoms with Gasteiger partial charge in [-0.25, -0.2) is 4.39 Å². The van der Waals surface area contributed by atoms with Crippen molar-refractivity contribution in [3.63, 3.8) is 0 Å². The SMILES string of the molecule is CCCSCC(Cc1cccc(Cl)c1F)NCC. The number of halogens is 2. The summed E-state index contributed by atoms with van der Waals surface area (Å²) >= 11 is 7.71. The van der Waals surface area contributed by atoms with Gasteiger partial charge in [0.1, 0.15) is 5.82 Å². The number of rotatable bonds is 8. The van der Waals surface area contributed by atoms with Gasteiger partial charge in [0, 0.05) is 11.8 Å². The zero-order valence-corrected chi connectivity index (χ0v) is 12.6. The Kier molecular flexibility index (Phi) is 7.71. The molecule has 0 heterocycles. The van der Waals surface area contributed by atoms with Crippen LogP contribution in [-0.2, 0) is 6.42 Å². The second kappa shape index (κ2) is 8.78. The second-order valence-corrected chi connectivity index (χ2v) is 5.80. The van der Waals surface area contributed by atoms with Crippen molar-refractivity contribution in [2.75, 3.05) is 18.1 Å². The molecule has 0 fully saturated rings. The van der Waals surface area contributed by atoms with E-state index in [1.54, 1.807) is 6.07 Å². The van der Waals surface area contributed by atoms with E-state index in [2.05, 4.69) is 19.2 Å². The van der Waals surface area contributed by atoms with Crippen LogP contribution >= 0.6 is 23.4 Å². The third-order valence-electron chi connectivity index (χ3n) is 2.66. The van der Waals surface area contributed by atoms with Crippen LogP contribution in [0.15, 0.2) is 18.2 Å². The third kappa shape index (κ3) is 5.17. The molecule has 0 aromatic heterocycles. The Hall–Kier alpha value is -0.250. The van der Waals surface area contributed by atoms with Gasteiger partial charge >= 0.3 is 0 Å². The van der Waals surface area contributed by atoms with Crippen molar-refractivity contribution in [2.24, 2.45) is 0 Å². The van der Waals surface area contributed by atoms with Gasteiger partial charge in [-0.15, -0.1) is 0 Å². The fraction of sp³-hybridized carbons (Fsp3) is 0.571. The molecule has 1 rings (SSSR count). The van der Waals surface area contributed by atoms with Crippen molar-refractivity contribution in [1.29, 1.82) is 0 Å². The Morgan fingerprint density at radius 2 is 2.17 bits per heavy atom. The molecule has 1 nitrogen and oxygen atoms in total. The molecule has 0 radical (unpaired) electrons. The van der Waals surface area contributed by atoms with Gasteiger partial charge in [-0.2, -0.15) is 11.8 Å². The maximum Gasteiger partial charge on any atom is 0.145 e. The zero-order chi connectivity index (χ0) is 13.4. The number of benzene rings is 1. The van der Waals surface area contributed by atoms with Crippen LogP contribution in [0.4, 0.5) is 4.39 Å². The number of nitrogens with one attached hydrogen (secondary N) is 1. The predicted octanol–water partition coefficient (Wildman–Crippen LogP) is 4.14. The minimum Gasteiger partial charge on any atom is -0.313 e. The van der Waals surface area contributed by atoms with Crippen molar-refractivity contribution in [3.8, 4) is 0 Å². The van der Waals surface area contributed by atoms with E-state index in [0.717, 1.165) is 18.1 Å². The van der Waals surface area contributed by atoms with Crippen LogP contribution in [0.5, 0.6) is 0 Å². The highest BCUT2D eigenvalue weighted by atomic mass is 35.5. The van der Waals surface area contributed by atoms with Crippen LogP contribution in [0, 0.1) is 5.82 Å². The molecule has 1 aromatic carbocycles. The van der Waals surface area contributed by atoms with Gasteiger partial charge in [-0.3, -0.25) is 0 Å². The molecule has 0 aliphatic heterocycles. The van der Waals surface area contributed by atoms with Gasteiger partial charge in [-0.1, -0.05) is 37.6 Å². The Bertz CT molecular complexity index is 360.